The predicted molar refractivity (Wildman–Crippen MR) is 89.2 cm³/mol. The van der Waals surface area contributed by atoms with E-state index in [0.29, 0.717) is 24.6 Å². The summed E-state index contributed by atoms with van der Waals surface area (Å²) >= 11 is 0. The lowest BCUT2D eigenvalue weighted by atomic mass is 9.96. The van der Waals surface area contributed by atoms with Gasteiger partial charge in [0.05, 0.1) is 12.2 Å². The van der Waals surface area contributed by atoms with E-state index in [4.69, 9.17) is 9.84 Å². The minimum absolute atomic E-state index is 0.141. The van der Waals surface area contributed by atoms with Crippen molar-refractivity contribution in [1.82, 2.24) is 5.32 Å². The minimum Gasteiger partial charge on any atom is -0.478 e. The molecule has 124 valence electrons. The Morgan fingerprint density at radius 3 is 2.58 bits per heavy atom. The van der Waals surface area contributed by atoms with E-state index in [1.165, 1.54) is 12.1 Å². The van der Waals surface area contributed by atoms with Gasteiger partial charge in [-0.25, -0.2) is 4.79 Å². The Kier molecular flexibility index (Phi) is 4.91. The number of hydrogen-bond acceptors (Lipinski definition) is 3. The number of benzene rings is 2. The van der Waals surface area contributed by atoms with Crippen LogP contribution in [0.4, 0.5) is 0 Å². The largest absolute Gasteiger partial charge is 0.478 e. The molecule has 1 amide bonds. The summed E-state index contributed by atoms with van der Waals surface area (Å²) < 4.78 is 5.40. The first-order valence-corrected chi connectivity index (χ1v) is 7.91. The van der Waals surface area contributed by atoms with E-state index in [0.717, 1.165) is 24.2 Å². The highest BCUT2D eigenvalue weighted by Crippen LogP contribution is 2.25. The number of rotatable bonds is 5. The lowest BCUT2D eigenvalue weighted by molar-refractivity contribution is 0.0696. The first kappa shape index (κ1) is 16.2. The van der Waals surface area contributed by atoms with Crippen LogP contribution in [0.25, 0.3) is 0 Å². The maximum absolute atomic E-state index is 12.3. The van der Waals surface area contributed by atoms with E-state index in [1.807, 2.05) is 18.2 Å². The summed E-state index contributed by atoms with van der Waals surface area (Å²) in [6.45, 7) is 1.84. The fraction of sp³-hybridized carbons (Fsp3) is 0.263. The second kappa shape index (κ2) is 7.27. The van der Waals surface area contributed by atoms with E-state index in [2.05, 4.69) is 5.32 Å². The molecule has 0 bridgehead atoms. The van der Waals surface area contributed by atoms with Gasteiger partial charge in [0.1, 0.15) is 0 Å². The van der Waals surface area contributed by atoms with Crippen LogP contribution in [0.5, 0.6) is 0 Å². The SMILES string of the molecule is O=C(O)c1ccc(CNC(=O)c2cccc(C3CCOC3)c2)cc1. The molecule has 1 aliphatic heterocycles. The predicted octanol–water partition coefficient (Wildman–Crippen LogP) is 2.82. The van der Waals surface area contributed by atoms with Gasteiger partial charge in [-0.15, -0.1) is 0 Å². The molecule has 1 fully saturated rings. The van der Waals surface area contributed by atoms with Crippen LogP contribution in [0.1, 0.15) is 44.2 Å². The van der Waals surface area contributed by atoms with Crippen molar-refractivity contribution < 1.29 is 19.4 Å². The molecule has 5 heteroatoms. The van der Waals surface area contributed by atoms with E-state index in [9.17, 15) is 9.59 Å². The maximum Gasteiger partial charge on any atom is 0.335 e. The first-order valence-electron chi connectivity index (χ1n) is 7.91. The summed E-state index contributed by atoms with van der Waals surface area (Å²) in [6.07, 6.45) is 0.987. The second-order valence-electron chi connectivity index (χ2n) is 5.87. The van der Waals surface area contributed by atoms with Crippen LogP contribution < -0.4 is 5.32 Å². The number of ether oxygens (including phenoxy) is 1. The van der Waals surface area contributed by atoms with Crippen molar-refractivity contribution >= 4 is 11.9 Å². The molecule has 1 aliphatic rings. The van der Waals surface area contributed by atoms with Crippen molar-refractivity contribution in [2.75, 3.05) is 13.2 Å². The molecule has 0 radical (unpaired) electrons. The monoisotopic (exact) mass is 325 g/mol. The Labute approximate surface area is 140 Å². The molecule has 2 aromatic rings. The Bertz CT molecular complexity index is 733. The van der Waals surface area contributed by atoms with Gasteiger partial charge >= 0.3 is 5.97 Å². The van der Waals surface area contributed by atoms with Gasteiger partial charge < -0.3 is 15.2 Å². The first-order chi connectivity index (χ1) is 11.6. The number of carboxylic acids is 1. The molecule has 24 heavy (non-hydrogen) atoms. The van der Waals surface area contributed by atoms with Gasteiger partial charge in [0.25, 0.3) is 5.91 Å². The van der Waals surface area contributed by atoms with Crippen molar-refractivity contribution in [2.24, 2.45) is 0 Å². The van der Waals surface area contributed by atoms with Crippen LogP contribution in [0.2, 0.25) is 0 Å². The number of carboxylic acid groups (broad SMARTS) is 1. The highest BCUT2D eigenvalue weighted by Gasteiger charge is 2.18. The van der Waals surface area contributed by atoms with Crippen LogP contribution in [-0.2, 0) is 11.3 Å². The van der Waals surface area contributed by atoms with Crippen molar-refractivity contribution in [3.8, 4) is 0 Å². The summed E-state index contributed by atoms with van der Waals surface area (Å²) in [5.74, 6) is -0.738. The van der Waals surface area contributed by atoms with Gasteiger partial charge in [0, 0.05) is 24.6 Å². The van der Waals surface area contributed by atoms with E-state index >= 15 is 0 Å². The molecule has 1 atom stereocenters. The molecule has 2 N–H and O–H groups in total. The molecule has 0 aromatic heterocycles. The Hall–Kier alpha value is -2.66. The second-order valence-corrected chi connectivity index (χ2v) is 5.87. The molecule has 1 unspecified atom stereocenters. The zero-order valence-electron chi connectivity index (χ0n) is 13.2. The normalized spacial score (nSPS) is 16.8. The van der Waals surface area contributed by atoms with Gasteiger partial charge in [0.2, 0.25) is 0 Å². The smallest absolute Gasteiger partial charge is 0.335 e. The average molecular weight is 325 g/mol. The van der Waals surface area contributed by atoms with E-state index in [-0.39, 0.29) is 11.5 Å². The molecule has 2 aromatic carbocycles. The Morgan fingerprint density at radius 2 is 1.92 bits per heavy atom. The maximum atomic E-state index is 12.3. The third-order valence-electron chi connectivity index (χ3n) is 4.20. The average Bonchev–Trinajstić information content (AvgIpc) is 3.15. The molecular weight excluding hydrogens is 306 g/mol. The van der Waals surface area contributed by atoms with Gasteiger partial charge in [-0.05, 0) is 41.8 Å². The summed E-state index contributed by atoms with van der Waals surface area (Å²) in [5, 5.41) is 11.7. The number of aromatic carboxylic acids is 1. The summed E-state index contributed by atoms with van der Waals surface area (Å²) in [6, 6.07) is 14.1. The lowest BCUT2D eigenvalue weighted by Crippen LogP contribution is -2.23. The third-order valence-corrected chi connectivity index (χ3v) is 4.20. The van der Waals surface area contributed by atoms with Gasteiger partial charge in [-0.2, -0.15) is 0 Å². The molecule has 5 nitrogen and oxygen atoms in total. The highest BCUT2D eigenvalue weighted by atomic mass is 16.5. The lowest BCUT2D eigenvalue weighted by Gasteiger charge is -2.10. The number of amides is 1. The van der Waals surface area contributed by atoms with Crippen LogP contribution in [-0.4, -0.2) is 30.2 Å². The van der Waals surface area contributed by atoms with Gasteiger partial charge in [-0.3, -0.25) is 4.79 Å². The van der Waals surface area contributed by atoms with Gasteiger partial charge in [-0.1, -0.05) is 24.3 Å². The standard InChI is InChI=1S/C19H19NO4/c21-18(20-11-13-4-6-14(7-5-13)19(22)23)16-3-1-2-15(10-16)17-8-9-24-12-17/h1-7,10,17H,8-9,11-12H2,(H,20,21)(H,22,23). The van der Waals surface area contributed by atoms with Crippen molar-refractivity contribution in [3.05, 3.63) is 70.8 Å². The van der Waals surface area contributed by atoms with E-state index in [1.54, 1.807) is 18.2 Å². The van der Waals surface area contributed by atoms with Crippen LogP contribution >= 0.6 is 0 Å². The molecule has 0 saturated carbocycles. The zero-order chi connectivity index (χ0) is 16.9. The topological polar surface area (TPSA) is 75.6 Å². The summed E-state index contributed by atoms with van der Waals surface area (Å²) in [4.78, 5) is 23.1. The molecule has 0 spiro atoms. The van der Waals surface area contributed by atoms with Gasteiger partial charge in [0.15, 0.2) is 0 Å². The van der Waals surface area contributed by atoms with E-state index < -0.39 is 5.97 Å². The number of nitrogens with one attached hydrogen (secondary N) is 1. The number of carbonyl (C=O) groups is 2. The van der Waals surface area contributed by atoms with Crippen molar-refractivity contribution in [1.29, 1.82) is 0 Å². The number of carbonyl (C=O) groups excluding carboxylic acids is 1. The minimum atomic E-state index is -0.960. The Balaban J connectivity index is 1.62. The Morgan fingerprint density at radius 1 is 1.12 bits per heavy atom. The molecule has 0 aliphatic carbocycles. The summed E-state index contributed by atoms with van der Waals surface area (Å²) in [5.41, 5.74) is 2.85. The highest BCUT2D eigenvalue weighted by molar-refractivity contribution is 5.94. The zero-order valence-corrected chi connectivity index (χ0v) is 13.2. The van der Waals surface area contributed by atoms with Crippen LogP contribution in [0.15, 0.2) is 48.5 Å². The van der Waals surface area contributed by atoms with Crippen LogP contribution in [0.3, 0.4) is 0 Å². The quantitative estimate of drug-likeness (QED) is 0.886. The molecule has 3 rings (SSSR count). The summed E-state index contributed by atoms with van der Waals surface area (Å²) in [7, 11) is 0. The fourth-order valence-corrected chi connectivity index (χ4v) is 2.78. The van der Waals surface area contributed by atoms with Crippen molar-refractivity contribution in [3.63, 3.8) is 0 Å². The fourth-order valence-electron chi connectivity index (χ4n) is 2.78. The third kappa shape index (κ3) is 3.81. The van der Waals surface area contributed by atoms with Crippen LogP contribution in [0, 0.1) is 0 Å². The number of hydrogen-bond donors (Lipinski definition) is 2. The van der Waals surface area contributed by atoms with Crippen molar-refractivity contribution in [2.45, 2.75) is 18.9 Å². The molecular formula is C19H19NO4. The molecule has 1 saturated heterocycles. The molecule has 1 heterocycles.